The highest BCUT2D eigenvalue weighted by molar-refractivity contribution is 7.89. The van der Waals surface area contributed by atoms with Crippen LogP contribution in [0.15, 0.2) is 65.6 Å². The Morgan fingerprint density at radius 3 is 2.52 bits per heavy atom. The second-order valence-corrected chi connectivity index (χ2v) is 9.32. The van der Waals surface area contributed by atoms with E-state index in [4.69, 9.17) is 0 Å². The summed E-state index contributed by atoms with van der Waals surface area (Å²) in [5.74, 6) is -0.438. The molecule has 1 saturated heterocycles. The van der Waals surface area contributed by atoms with Crippen LogP contribution in [0.25, 0.3) is 10.8 Å². The average molecular weight is 413 g/mol. The number of hydrogen-bond donors (Lipinski definition) is 1. The molecule has 1 aliphatic heterocycles. The molecule has 0 saturated carbocycles. The third kappa shape index (κ3) is 4.20. The maximum atomic E-state index is 13.4. The number of rotatable bonds is 6. The molecule has 4 nitrogen and oxygen atoms in total. The van der Waals surface area contributed by atoms with Crippen LogP contribution in [-0.2, 0) is 10.0 Å². The molecule has 0 aliphatic carbocycles. The SMILES string of the molecule is Cc1cc(F)ccc1S(=O)(=O)NC[C@@H](c1cccc2ccccc12)N1CCCC1. The third-order valence-electron chi connectivity index (χ3n) is 5.66. The van der Waals surface area contributed by atoms with Gasteiger partial charge in [-0.15, -0.1) is 0 Å². The summed E-state index contributed by atoms with van der Waals surface area (Å²) in [6, 6.07) is 18.1. The van der Waals surface area contributed by atoms with Crippen LogP contribution < -0.4 is 4.72 Å². The minimum absolute atomic E-state index is 0.0564. The summed E-state index contributed by atoms with van der Waals surface area (Å²) in [6.07, 6.45) is 2.23. The van der Waals surface area contributed by atoms with E-state index in [9.17, 15) is 12.8 Å². The topological polar surface area (TPSA) is 49.4 Å². The number of likely N-dealkylation sites (tertiary alicyclic amines) is 1. The molecule has 1 fully saturated rings. The van der Waals surface area contributed by atoms with Gasteiger partial charge in [-0.3, -0.25) is 4.90 Å². The molecule has 6 heteroatoms. The standard InChI is InChI=1S/C23H25FN2O2S/c1-17-15-19(24)11-12-23(17)29(27,28)25-16-22(26-13-4-5-14-26)21-10-6-8-18-7-2-3-9-20(18)21/h2-3,6-12,15,22,25H,4-5,13-14,16H2,1H3/t22-/m0/s1. The molecule has 1 N–H and O–H groups in total. The van der Waals surface area contributed by atoms with Gasteiger partial charge in [0.2, 0.25) is 10.0 Å². The third-order valence-corrected chi connectivity index (χ3v) is 7.24. The maximum absolute atomic E-state index is 13.4. The Balaban J connectivity index is 1.66. The molecule has 3 aromatic rings. The van der Waals surface area contributed by atoms with E-state index in [1.807, 2.05) is 18.2 Å². The lowest BCUT2D eigenvalue weighted by molar-refractivity contribution is 0.248. The largest absolute Gasteiger partial charge is 0.295 e. The number of nitrogens with zero attached hydrogens (tertiary/aromatic N) is 1. The van der Waals surface area contributed by atoms with E-state index in [-0.39, 0.29) is 17.5 Å². The predicted octanol–water partition coefficient (Wildman–Crippen LogP) is 4.40. The minimum atomic E-state index is -3.74. The van der Waals surface area contributed by atoms with Crippen molar-refractivity contribution in [1.29, 1.82) is 0 Å². The summed E-state index contributed by atoms with van der Waals surface area (Å²) in [5.41, 5.74) is 1.53. The minimum Gasteiger partial charge on any atom is -0.295 e. The Labute approximate surface area is 171 Å². The number of halogens is 1. The van der Waals surface area contributed by atoms with Gasteiger partial charge in [-0.05, 0) is 73.0 Å². The molecule has 0 radical (unpaired) electrons. The molecule has 0 unspecified atom stereocenters. The van der Waals surface area contributed by atoms with E-state index in [1.54, 1.807) is 6.92 Å². The molecule has 3 aromatic carbocycles. The van der Waals surface area contributed by atoms with Crippen molar-refractivity contribution in [2.24, 2.45) is 0 Å². The molecule has 1 atom stereocenters. The van der Waals surface area contributed by atoms with Crippen molar-refractivity contribution in [3.05, 3.63) is 77.6 Å². The first kappa shape index (κ1) is 20.0. The van der Waals surface area contributed by atoms with Crippen LogP contribution >= 0.6 is 0 Å². The van der Waals surface area contributed by atoms with Crippen molar-refractivity contribution in [1.82, 2.24) is 9.62 Å². The van der Waals surface area contributed by atoms with Gasteiger partial charge in [-0.25, -0.2) is 17.5 Å². The van der Waals surface area contributed by atoms with E-state index in [1.165, 1.54) is 18.2 Å². The molecular weight excluding hydrogens is 387 g/mol. The number of benzene rings is 3. The zero-order valence-electron chi connectivity index (χ0n) is 16.4. The fourth-order valence-electron chi connectivity index (χ4n) is 4.21. The zero-order valence-corrected chi connectivity index (χ0v) is 17.3. The fraction of sp³-hybridized carbons (Fsp3) is 0.304. The second-order valence-electron chi connectivity index (χ2n) is 7.59. The first-order chi connectivity index (χ1) is 14.0. The van der Waals surface area contributed by atoms with Crippen molar-refractivity contribution in [3.8, 4) is 0 Å². The number of hydrogen-bond acceptors (Lipinski definition) is 3. The van der Waals surface area contributed by atoms with Crippen LogP contribution in [0.4, 0.5) is 4.39 Å². The van der Waals surface area contributed by atoms with Crippen molar-refractivity contribution < 1.29 is 12.8 Å². The molecule has 1 aliphatic rings. The Morgan fingerprint density at radius 2 is 1.76 bits per heavy atom. The van der Waals surface area contributed by atoms with E-state index in [0.29, 0.717) is 5.56 Å². The van der Waals surface area contributed by atoms with Crippen molar-refractivity contribution in [2.75, 3.05) is 19.6 Å². The van der Waals surface area contributed by atoms with Gasteiger partial charge in [0, 0.05) is 12.6 Å². The van der Waals surface area contributed by atoms with Gasteiger partial charge in [0.05, 0.1) is 4.90 Å². The van der Waals surface area contributed by atoms with Crippen LogP contribution in [0.5, 0.6) is 0 Å². The fourth-order valence-corrected chi connectivity index (χ4v) is 5.47. The molecule has 0 amide bonds. The molecule has 4 rings (SSSR count). The summed E-state index contributed by atoms with van der Waals surface area (Å²) in [4.78, 5) is 2.47. The maximum Gasteiger partial charge on any atom is 0.240 e. The van der Waals surface area contributed by atoms with Gasteiger partial charge in [-0.2, -0.15) is 0 Å². The smallest absolute Gasteiger partial charge is 0.240 e. The molecule has 29 heavy (non-hydrogen) atoms. The van der Waals surface area contributed by atoms with Gasteiger partial charge in [0.15, 0.2) is 0 Å². The number of sulfonamides is 1. The summed E-state index contributed by atoms with van der Waals surface area (Å²) in [7, 11) is -3.74. The Morgan fingerprint density at radius 1 is 1.03 bits per heavy atom. The van der Waals surface area contributed by atoms with Crippen molar-refractivity contribution in [2.45, 2.75) is 30.7 Å². The first-order valence-electron chi connectivity index (χ1n) is 9.93. The predicted molar refractivity (Wildman–Crippen MR) is 114 cm³/mol. The lowest BCUT2D eigenvalue weighted by atomic mass is 9.98. The first-order valence-corrected chi connectivity index (χ1v) is 11.4. The van der Waals surface area contributed by atoms with Gasteiger partial charge in [0.1, 0.15) is 5.82 Å². The van der Waals surface area contributed by atoms with Crippen LogP contribution in [0, 0.1) is 12.7 Å². The van der Waals surface area contributed by atoms with Crippen molar-refractivity contribution >= 4 is 20.8 Å². The summed E-state index contributed by atoms with van der Waals surface area (Å²) < 4.78 is 42.0. The van der Waals surface area contributed by atoms with E-state index in [0.717, 1.165) is 42.3 Å². The normalized spacial score (nSPS) is 16.3. The zero-order chi connectivity index (χ0) is 20.4. The highest BCUT2D eigenvalue weighted by Gasteiger charge is 2.27. The highest BCUT2D eigenvalue weighted by atomic mass is 32.2. The Bertz CT molecular complexity index is 1120. The summed E-state index contributed by atoms with van der Waals surface area (Å²) >= 11 is 0. The van der Waals surface area contributed by atoms with Crippen LogP contribution in [0.1, 0.15) is 30.0 Å². The van der Waals surface area contributed by atoms with E-state index in [2.05, 4.69) is 33.9 Å². The van der Waals surface area contributed by atoms with E-state index < -0.39 is 15.8 Å². The number of nitrogens with one attached hydrogen (secondary N) is 1. The monoisotopic (exact) mass is 412 g/mol. The molecule has 152 valence electrons. The van der Waals surface area contributed by atoms with Crippen LogP contribution in [0.2, 0.25) is 0 Å². The average Bonchev–Trinajstić information content (AvgIpc) is 3.22. The second kappa shape index (κ2) is 8.22. The Hall–Kier alpha value is -2.28. The van der Waals surface area contributed by atoms with Crippen LogP contribution in [-0.4, -0.2) is 33.0 Å². The lowest BCUT2D eigenvalue weighted by Crippen LogP contribution is -2.37. The number of aryl methyl sites for hydroxylation is 1. The summed E-state index contributed by atoms with van der Waals surface area (Å²) in [6.45, 7) is 3.78. The summed E-state index contributed by atoms with van der Waals surface area (Å²) in [5, 5.41) is 2.29. The number of fused-ring (bicyclic) bond motifs is 1. The van der Waals surface area contributed by atoms with E-state index >= 15 is 0 Å². The molecule has 0 aromatic heterocycles. The highest BCUT2D eigenvalue weighted by Crippen LogP contribution is 2.31. The quantitative estimate of drug-likeness (QED) is 0.653. The van der Waals surface area contributed by atoms with Crippen LogP contribution in [0.3, 0.4) is 0 Å². The van der Waals surface area contributed by atoms with Crippen molar-refractivity contribution in [3.63, 3.8) is 0 Å². The van der Waals surface area contributed by atoms with Gasteiger partial charge in [-0.1, -0.05) is 42.5 Å². The molecule has 0 bridgehead atoms. The van der Waals surface area contributed by atoms with Gasteiger partial charge >= 0.3 is 0 Å². The molecule has 1 heterocycles. The molecular formula is C23H25FN2O2S. The Kier molecular flexibility index (Phi) is 5.67. The lowest BCUT2D eigenvalue weighted by Gasteiger charge is -2.29. The molecule has 0 spiro atoms. The van der Waals surface area contributed by atoms with Gasteiger partial charge in [0.25, 0.3) is 0 Å². The van der Waals surface area contributed by atoms with Gasteiger partial charge < -0.3 is 0 Å².